The van der Waals surface area contributed by atoms with Gasteiger partial charge in [-0.1, -0.05) is 60.7 Å². The van der Waals surface area contributed by atoms with Crippen LogP contribution in [0.15, 0.2) is 60.7 Å². The molecule has 3 rings (SSSR count). The lowest BCUT2D eigenvalue weighted by Gasteiger charge is -2.27. The molecule has 2 N–H and O–H groups in total. The van der Waals surface area contributed by atoms with E-state index in [1.807, 2.05) is 35.7 Å². The molecular formula is C19H22N2OS2. The zero-order chi connectivity index (χ0) is 16.7. The average molecular weight is 359 g/mol. The van der Waals surface area contributed by atoms with Crippen molar-refractivity contribution >= 4 is 29.6 Å². The zero-order valence-corrected chi connectivity index (χ0v) is 15.2. The van der Waals surface area contributed by atoms with Crippen LogP contribution in [0, 0.1) is 0 Å². The van der Waals surface area contributed by atoms with Crippen molar-refractivity contribution in [2.45, 2.75) is 17.0 Å². The molecule has 0 radical (unpaired) electrons. The maximum absolute atomic E-state index is 11.7. The van der Waals surface area contributed by atoms with Gasteiger partial charge in [-0.3, -0.25) is 0 Å². The number of carbonyl (C=O) groups is 1. The zero-order valence-electron chi connectivity index (χ0n) is 13.5. The maximum atomic E-state index is 11.7. The lowest BCUT2D eigenvalue weighted by Crippen LogP contribution is -2.48. The molecule has 1 aliphatic rings. The molecule has 0 saturated carbocycles. The van der Waals surface area contributed by atoms with E-state index in [0.717, 1.165) is 23.0 Å². The Labute approximate surface area is 152 Å². The summed E-state index contributed by atoms with van der Waals surface area (Å²) in [6, 6.07) is 20.9. The van der Waals surface area contributed by atoms with E-state index in [-0.39, 0.29) is 11.6 Å². The summed E-state index contributed by atoms with van der Waals surface area (Å²) >= 11 is 3.77. The first kappa shape index (κ1) is 17.2. The van der Waals surface area contributed by atoms with Crippen LogP contribution in [0.25, 0.3) is 0 Å². The third-order valence-electron chi connectivity index (χ3n) is 3.95. The molecule has 0 unspecified atom stereocenters. The van der Waals surface area contributed by atoms with Crippen LogP contribution in [0.3, 0.4) is 0 Å². The predicted molar refractivity (Wildman–Crippen MR) is 104 cm³/mol. The number of urea groups is 1. The summed E-state index contributed by atoms with van der Waals surface area (Å²) < 4.78 is 0. The maximum Gasteiger partial charge on any atom is 0.315 e. The van der Waals surface area contributed by atoms with E-state index in [4.69, 9.17) is 0 Å². The third kappa shape index (κ3) is 4.95. The first-order valence-corrected chi connectivity index (χ1v) is 10.4. The fourth-order valence-electron chi connectivity index (χ4n) is 2.67. The largest absolute Gasteiger partial charge is 0.336 e. The van der Waals surface area contributed by atoms with E-state index in [1.165, 1.54) is 11.1 Å². The molecule has 3 nitrogen and oxygen atoms in total. The highest BCUT2D eigenvalue weighted by Gasteiger charge is 2.37. The van der Waals surface area contributed by atoms with Crippen LogP contribution in [0.4, 0.5) is 4.79 Å². The Morgan fingerprint density at radius 2 is 1.33 bits per heavy atom. The van der Waals surface area contributed by atoms with Gasteiger partial charge in [-0.15, -0.1) is 0 Å². The van der Waals surface area contributed by atoms with E-state index >= 15 is 0 Å². The minimum atomic E-state index is -0.157. The lowest BCUT2D eigenvalue weighted by molar-refractivity contribution is 0.246. The standard InChI is InChI=1S/C19H22N2OS2/c22-18-20-13-19(21-18,14-23-11-16-7-3-1-4-8-16)15-24-12-17-9-5-2-6-10-17/h1-10H,11-15H2,(H2,20,21,22). The highest BCUT2D eigenvalue weighted by atomic mass is 32.2. The molecule has 5 heteroatoms. The molecule has 1 fully saturated rings. The fraction of sp³-hybridized carbons (Fsp3) is 0.316. The summed E-state index contributed by atoms with van der Waals surface area (Å²) in [5, 5.41) is 6.08. The van der Waals surface area contributed by atoms with E-state index < -0.39 is 0 Å². The molecule has 24 heavy (non-hydrogen) atoms. The summed E-state index contributed by atoms with van der Waals surface area (Å²) in [6.45, 7) is 0.704. The Morgan fingerprint density at radius 1 is 0.833 bits per heavy atom. The Hall–Kier alpha value is -1.59. The number of carbonyl (C=O) groups excluding carboxylic acids is 1. The van der Waals surface area contributed by atoms with E-state index in [1.54, 1.807) is 0 Å². The number of amides is 2. The molecule has 2 aromatic carbocycles. The van der Waals surface area contributed by atoms with E-state index in [2.05, 4.69) is 59.2 Å². The smallest absolute Gasteiger partial charge is 0.315 e. The third-order valence-corrected chi connectivity index (χ3v) is 6.53. The van der Waals surface area contributed by atoms with Crippen LogP contribution in [-0.4, -0.2) is 29.6 Å². The second-order valence-corrected chi connectivity index (χ2v) is 8.02. The fourth-order valence-corrected chi connectivity index (χ4v) is 5.20. The van der Waals surface area contributed by atoms with Crippen LogP contribution < -0.4 is 10.6 Å². The Morgan fingerprint density at radius 3 is 1.75 bits per heavy atom. The Balaban J connectivity index is 1.51. The van der Waals surface area contributed by atoms with Gasteiger partial charge >= 0.3 is 6.03 Å². The normalized spacial score (nSPS) is 15.8. The minimum Gasteiger partial charge on any atom is -0.336 e. The predicted octanol–water partition coefficient (Wildman–Crippen LogP) is 3.90. The van der Waals surface area contributed by atoms with Gasteiger partial charge in [0.25, 0.3) is 0 Å². The molecule has 0 bridgehead atoms. The van der Waals surface area contributed by atoms with Crippen molar-refractivity contribution in [3.63, 3.8) is 0 Å². The van der Waals surface area contributed by atoms with Crippen molar-refractivity contribution in [2.75, 3.05) is 18.1 Å². The topological polar surface area (TPSA) is 41.1 Å². The number of benzene rings is 2. The number of rotatable bonds is 8. The quantitative estimate of drug-likeness (QED) is 0.752. The second kappa shape index (κ2) is 8.49. The van der Waals surface area contributed by atoms with Gasteiger partial charge in [0.15, 0.2) is 0 Å². The van der Waals surface area contributed by atoms with E-state index in [0.29, 0.717) is 6.54 Å². The molecule has 0 spiro atoms. The summed E-state index contributed by atoms with van der Waals surface area (Å²) in [7, 11) is 0. The van der Waals surface area contributed by atoms with Gasteiger partial charge in [0, 0.05) is 29.6 Å². The SMILES string of the molecule is O=C1NCC(CSCc2ccccc2)(CSCc2ccccc2)N1. The van der Waals surface area contributed by atoms with E-state index in [9.17, 15) is 4.79 Å². The number of hydrogen-bond donors (Lipinski definition) is 2. The summed E-state index contributed by atoms with van der Waals surface area (Å²) in [5.41, 5.74) is 2.49. The first-order valence-electron chi connectivity index (χ1n) is 8.05. The number of hydrogen-bond acceptors (Lipinski definition) is 3. The summed E-state index contributed by atoms with van der Waals surface area (Å²) in [6.07, 6.45) is 0. The van der Waals surface area contributed by atoms with Crippen molar-refractivity contribution in [1.29, 1.82) is 0 Å². The lowest BCUT2D eigenvalue weighted by atomic mass is 10.1. The molecule has 1 heterocycles. The molecule has 0 aromatic heterocycles. The monoisotopic (exact) mass is 358 g/mol. The molecule has 1 aliphatic heterocycles. The van der Waals surface area contributed by atoms with Crippen molar-refractivity contribution < 1.29 is 4.79 Å². The van der Waals surface area contributed by atoms with Crippen LogP contribution in [0.2, 0.25) is 0 Å². The molecule has 126 valence electrons. The molecule has 1 saturated heterocycles. The van der Waals surface area contributed by atoms with Crippen molar-refractivity contribution in [3.05, 3.63) is 71.8 Å². The van der Waals surface area contributed by atoms with Crippen molar-refractivity contribution in [1.82, 2.24) is 10.6 Å². The highest BCUT2D eigenvalue weighted by Crippen LogP contribution is 2.25. The Kier molecular flexibility index (Phi) is 6.10. The van der Waals surface area contributed by atoms with Crippen LogP contribution in [0.1, 0.15) is 11.1 Å². The van der Waals surface area contributed by atoms with Gasteiger partial charge in [-0.05, 0) is 11.1 Å². The van der Waals surface area contributed by atoms with Gasteiger partial charge in [-0.25, -0.2) is 4.79 Å². The van der Waals surface area contributed by atoms with Gasteiger partial charge in [0.2, 0.25) is 0 Å². The van der Waals surface area contributed by atoms with Gasteiger partial charge in [0.1, 0.15) is 0 Å². The molecule has 2 aromatic rings. The number of nitrogens with one attached hydrogen (secondary N) is 2. The minimum absolute atomic E-state index is 0.0457. The summed E-state index contributed by atoms with van der Waals surface area (Å²) in [5.74, 6) is 3.79. The van der Waals surface area contributed by atoms with Crippen molar-refractivity contribution in [3.8, 4) is 0 Å². The number of thioether (sulfide) groups is 2. The molecular weight excluding hydrogens is 336 g/mol. The highest BCUT2D eigenvalue weighted by molar-refractivity contribution is 7.99. The van der Waals surface area contributed by atoms with Crippen LogP contribution in [0.5, 0.6) is 0 Å². The molecule has 2 amide bonds. The average Bonchev–Trinajstić information content (AvgIpc) is 2.98. The summed E-state index contributed by atoms with van der Waals surface area (Å²) in [4.78, 5) is 11.7. The van der Waals surface area contributed by atoms with Crippen molar-refractivity contribution in [2.24, 2.45) is 0 Å². The van der Waals surface area contributed by atoms with Gasteiger partial charge in [-0.2, -0.15) is 23.5 Å². The van der Waals surface area contributed by atoms with Gasteiger partial charge in [0.05, 0.1) is 5.54 Å². The Bertz CT molecular complexity index is 603. The van der Waals surface area contributed by atoms with Gasteiger partial charge < -0.3 is 10.6 Å². The molecule has 0 atom stereocenters. The first-order chi connectivity index (χ1) is 11.8. The molecule has 0 aliphatic carbocycles. The second-order valence-electron chi connectivity index (χ2n) is 6.04. The van der Waals surface area contributed by atoms with Crippen LogP contribution >= 0.6 is 23.5 Å². The van der Waals surface area contributed by atoms with Crippen LogP contribution in [-0.2, 0) is 11.5 Å².